The summed E-state index contributed by atoms with van der Waals surface area (Å²) in [5.74, 6) is 1.15. The molecule has 112 valence electrons. The van der Waals surface area contributed by atoms with E-state index in [4.69, 9.17) is 15.0 Å². The van der Waals surface area contributed by atoms with Crippen molar-refractivity contribution in [3.05, 3.63) is 47.6 Å². The number of aromatic nitrogens is 2. The van der Waals surface area contributed by atoms with Gasteiger partial charge in [0.1, 0.15) is 5.60 Å². The first kappa shape index (κ1) is 14.2. The molecule has 1 aromatic heterocycles. The van der Waals surface area contributed by atoms with Crippen LogP contribution in [-0.4, -0.2) is 16.7 Å². The van der Waals surface area contributed by atoms with Crippen LogP contribution in [0, 0.1) is 0 Å². The van der Waals surface area contributed by atoms with Gasteiger partial charge in [-0.3, -0.25) is 0 Å². The number of benzene rings is 1. The van der Waals surface area contributed by atoms with Crippen LogP contribution >= 0.6 is 0 Å². The smallest absolute Gasteiger partial charge is 0.231 e. The van der Waals surface area contributed by atoms with Crippen LogP contribution in [0.1, 0.15) is 55.9 Å². The summed E-state index contributed by atoms with van der Waals surface area (Å²) in [6.07, 6.45) is 1.95. The van der Waals surface area contributed by atoms with E-state index < -0.39 is 5.60 Å². The van der Waals surface area contributed by atoms with Gasteiger partial charge in [-0.2, -0.15) is 4.98 Å². The lowest BCUT2D eigenvalue weighted by Gasteiger charge is -2.18. The van der Waals surface area contributed by atoms with E-state index in [2.05, 4.69) is 10.1 Å². The van der Waals surface area contributed by atoms with Crippen molar-refractivity contribution in [3.63, 3.8) is 0 Å². The number of nitrogens with zero attached hydrogens (tertiary/aromatic N) is 2. The van der Waals surface area contributed by atoms with E-state index in [1.807, 2.05) is 44.2 Å². The lowest BCUT2D eigenvalue weighted by Crippen LogP contribution is -2.22. The molecule has 2 aromatic rings. The molecular formula is C16H21N3O2. The second-order valence-corrected chi connectivity index (χ2v) is 5.86. The highest BCUT2D eigenvalue weighted by Gasteiger charge is 2.37. The highest BCUT2D eigenvalue weighted by Crippen LogP contribution is 2.35. The second kappa shape index (κ2) is 5.58. The molecule has 0 radical (unpaired) electrons. The third-order valence-corrected chi connectivity index (χ3v) is 4.25. The molecule has 1 aromatic carbocycles. The molecule has 0 bridgehead atoms. The molecular weight excluding hydrogens is 266 g/mol. The summed E-state index contributed by atoms with van der Waals surface area (Å²) in [6.45, 7) is 4.77. The van der Waals surface area contributed by atoms with Crippen molar-refractivity contribution < 1.29 is 9.26 Å². The second-order valence-electron chi connectivity index (χ2n) is 5.86. The summed E-state index contributed by atoms with van der Waals surface area (Å²) in [6, 6.07) is 9.80. The number of hydrogen-bond donors (Lipinski definition) is 1. The van der Waals surface area contributed by atoms with Crippen LogP contribution < -0.4 is 5.73 Å². The maximum Gasteiger partial charge on any atom is 0.231 e. The number of rotatable bonds is 4. The summed E-state index contributed by atoms with van der Waals surface area (Å²) in [5, 5.41) is 4.10. The molecule has 5 heteroatoms. The predicted molar refractivity (Wildman–Crippen MR) is 78.6 cm³/mol. The van der Waals surface area contributed by atoms with Gasteiger partial charge >= 0.3 is 0 Å². The van der Waals surface area contributed by atoms with Crippen molar-refractivity contribution in [1.29, 1.82) is 0 Å². The zero-order valence-corrected chi connectivity index (χ0v) is 12.5. The van der Waals surface area contributed by atoms with Crippen molar-refractivity contribution in [3.8, 4) is 0 Å². The van der Waals surface area contributed by atoms with E-state index in [0.29, 0.717) is 11.7 Å². The Morgan fingerprint density at radius 2 is 2.05 bits per heavy atom. The Kier molecular flexibility index (Phi) is 3.78. The minimum Gasteiger partial charge on any atom is -0.367 e. The van der Waals surface area contributed by atoms with Gasteiger partial charge in [0.05, 0.1) is 5.92 Å². The lowest BCUT2D eigenvalue weighted by molar-refractivity contribution is 0.00768. The van der Waals surface area contributed by atoms with Gasteiger partial charge in [-0.15, -0.1) is 0 Å². The van der Waals surface area contributed by atoms with Gasteiger partial charge in [0, 0.05) is 12.6 Å². The SMILES string of the molecule is CC(c1nc(C2(C)CCCO2)no1)C(N)c1ccccc1. The highest BCUT2D eigenvalue weighted by molar-refractivity contribution is 5.21. The topological polar surface area (TPSA) is 74.2 Å². The fourth-order valence-electron chi connectivity index (χ4n) is 2.71. The molecule has 0 spiro atoms. The largest absolute Gasteiger partial charge is 0.367 e. The third kappa shape index (κ3) is 2.71. The lowest BCUT2D eigenvalue weighted by atomic mass is 9.95. The van der Waals surface area contributed by atoms with Crippen molar-refractivity contribution >= 4 is 0 Å². The molecule has 3 rings (SSSR count). The van der Waals surface area contributed by atoms with Gasteiger partial charge in [-0.1, -0.05) is 42.4 Å². The molecule has 3 unspecified atom stereocenters. The van der Waals surface area contributed by atoms with Crippen LogP contribution in [0.4, 0.5) is 0 Å². The Hall–Kier alpha value is -1.72. The van der Waals surface area contributed by atoms with Crippen LogP contribution in [-0.2, 0) is 10.3 Å². The van der Waals surface area contributed by atoms with Gasteiger partial charge in [0.25, 0.3) is 0 Å². The Balaban J connectivity index is 1.79. The van der Waals surface area contributed by atoms with E-state index in [1.165, 1.54) is 0 Å². The molecule has 2 heterocycles. The molecule has 21 heavy (non-hydrogen) atoms. The van der Waals surface area contributed by atoms with Gasteiger partial charge in [0.2, 0.25) is 11.7 Å². The monoisotopic (exact) mass is 287 g/mol. The minimum absolute atomic E-state index is 0.0429. The quantitative estimate of drug-likeness (QED) is 0.936. The van der Waals surface area contributed by atoms with E-state index in [-0.39, 0.29) is 12.0 Å². The van der Waals surface area contributed by atoms with E-state index in [1.54, 1.807) is 0 Å². The molecule has 2 N–H and O–H groups in total. The molecule has 1 aliphatic heterocycles. The van der Waals surface area contributed by atoms with Gasteiger partial charge in [-0.25, -0.2) is 0 Å². The zero-order valence-electron chi connectivity index (χ0n) is 12.5. The van der Waals surface area contributed by atoms with Crippen LogP contribution in [0.3, 0.4) is 0 Å². The molecule has 1 aliphatic rings. The summed E-state index contributed by atoms with van der Waals surface area (Å²) < 4.78 is 11.2. The number of ether oxygens (including phenoxy) is 1. The Bertz CT molecular complexity index is 591. The summed E-state index contributed by atoms with van der Waals surface area (Å²) >= 11 is 0. The standard InChI is InChI=1S/C16H21N3O2/c1-11(13(17)12-7-4-3-5-8-12)14-18-15(19-21-14)16(2)9-6-10-20-16/h3-5,7-8,11,13H,6,9-10,17H2,1-2H3. The predicted octanol–water partition coefficient (Wildman–Crippen LogP) is 2.90. The van der Waals surface area contributed by atoms with Crippen LogP contribution in [0.25, 0.3) is 0 Å². The van der Waals surface area contributed by atoms with Crippen molar-refractivity contribution in [2.45, 2.75) is 44.2 Å². The van der Waals surface area contributed by atoms with Crippen molar-refractivity contribution in [2.24, 2.45) is 5.73 Å². The first-order valence-electron chi connectivity index (χ1n) is 7.39. The van der Waals surface area contributed by atoms with E-state index >= 15 is 0 Å². The van der Waals surface area contributed by atoms with Crippen LogP contribution in [0.15, 0.2) is 34.9 Å². The van der Waals surface area contributed by atoms with Crippen molar-refractivity contribution in [2.75, 3.05) is 6.61 Å². The Morgan fingerprint density at radius 1 is 1.29 bits per heavy atom. The van der Waals surface area contributed by atoms with E-state index in [0.717, 1.165) is 25.0 Å². The number of nitrogens with two attached hydrogens (primary N) is 1. The molecule has 0 amide bonds. The molecule has 1 saturated heterocycles. The first-order chi connectivity index (χ1) is 10.1. The Labute approximate surface area is 124 Å². The highest BCUT2D eigenvalue weighted by atomic mass is 16.5. The fraction of sp³-hybridized carbons (Fsp3) is 0.500. The maximum atomic E-state index is 6.31. The van der Waals surface area contributed by atoms with Gasteiger partial charge in [-0.05, 0) is 25.3 Å². The summed E-state index contributed by atoms with van der Waals surface area (Å²) in [7, 11) is 0. The van der Waals surface area contributed by atoms with Crippen LogP contribution in [0.5, 0.6) is 0 Å². The summed E-state index contributed by atoms with van der Waals surface area (Å²) in [5.41, 5.74) is 6.95. The zero-order chi connectivity index (χ0) is 14.9. The normalized spacial score (nSPS) is 24.9. The van der Waals surface area contributed by atoms with Crippen molar-refractivity contribution in [1.82, 2.24) is 10.1 Å². The first-order valence-corrected chi connectivity index (χ1v) is 7.39. The average Bonchev–Trinajstić information content (AvgIpc) is 3.16. The minimum atomic E-state index is -0.418. The Morgan fingerprint density at radius 3 is 2.71 bits per heavy atom. The maximum absolute atomic E-state index is 6.31. The van der Waals surface area contributed by atoms with Gasteiger partial charge in [0.15, 0.2) is 0 Å². The number of hydrogen-bond acceptors (Lipinski definition) is 5. The van der Waals surface area contributed by atoms with Gasteiger partial charge < -0.3 is 15.0 Å². The molecule has 3 atom stereocenters. The molecule has 0 aliphatic carbocycles. The molecule has 0 saturated carbocycles. The van der Waals surface area contributed by atoms with E-state index in [9.17, 15) is 0 Å². The third-order valence-electron chi connectivity index (χ3n) is 4.25. The fourth-order valence-corrected chi connectivity index (χ4v) is 2.71. The molecule has 5 nitrogen and oxygen atoms in total. The molecule has 1 fully saturated rings. The summed E-state index contributed by atoms with van der Waals surface area (Å²) in [4.78, 5) is 4.53. The average molecular weight is 287 g/mol. The van der Waals surface area contributed by atoms with Crippen LogP contribution in [0.2, 0.25) is 0 Å².